The third-order valence-electron chi connectivity index (χ3n) is 3.79. The van der Waals surface area contributed by atoms with Crippen molar-refractivity contribution in [2.24, 2.45) is 0 Å². The normalized spacial score (nSPS) is 14.4. The molecule has 2 aromatic carbocycles. The highest BCUT2D eigenvalue weighted by atomic mass is 16.3. The Hall–Kier alpha value is -2.35. The first-order valence-electron chi connectivity index (χ1n) is 6.70. The van der Waals surface area contributed by atoms with Crippen molar-refractivity contribution in [2.45, 2.75) is 20.3 Å². The van der Waals surface area contributed by atoms with Crippen LogP contribution in [0.4, 0.5) is 0 Å². The van der Waals surface area contributed by atoms with Crippen molar-refractivity contribution in [1.29, 1.82) is 0 Å². The minimum atomic E-state index is 0.117. The first kappa shape index (κ1) is 12.7. The van der Waals surface area contributed by atoms with E-state index in [4.69, 9.17) is 0 Å². The highest BCUT2D eigenvalue weighted by Gasteiger charge is 2.26. The third-order valence-corrected chi connectivity index (χ3v) is 3.79. The van der Waals surface area contributed by atoms with Gasteiger partial charge >= 0.3 is 0 Å². The molecule has 0 bridgehead atoms. The van der Waals surface area contributed by atoms with Gasteiger partial charge in [-0.1, -0.05) is 36.4 Å². The summed E-state index contributed by atoms with van der Waals surface area (Å²) in [7, 11) is 0. The van der Waals surface area contributed by atoms with Crippen molar-refractivity contribution in [3.05, 3.63) is 64.7 Å². The molecule has 100 valence electrons. The summed E-state index contributed by atoms with van der Waals surface area (Å²) >= 11 is 0. The lowest BCUT2D eigenvalue weighted by molar-refractivity contribution is -0.113. The van der Waals surface area contributed by atoms with E-state index in [0.717, 1.165) is 33.4 Å². The molecule has 20 heavy (non-hydrogen) atoms. The lowest BCUT2D eigenvalue weighted by Gasteiger charge is -2.22. The topological polar surface area (TPSA) is 37.3 Å². The van der Waals surface area contributed by atoms with E-state index < -0.39 is 0 Å². The second kappa shape index (κ2) is 4.64. The molecule has 1 aliphatic rings. The van der Waals surface area contributed by atoms with Gasteiger partial charge in [0.1, 0.15) is 5.75 Å². The van der Waals surface area contributed by atoms with Crippen molar-refractivity contribution in [3.63, 3.8) is 0 Å². The summed E-state index contributed by atoms with van der Waals surface area (Å²) in [4.78, 5) is 12.5. The van der Waals surface area contributed by atoms with E-state index >= 15 is 0 Å². The van der Waals surface area contributed by atoms with Gasteiger partial charge in [0.05, 0.1) is 0 Å². The van der Waals surface area contributed by atoms with Crippen molar-refractivity contribution in [1.82, 2.24) is 0 Å². The Morgan fingerprint density at radius 3 is 2.45 bits per heavy atom. The molecule has 0 amide bonds. The Labute approximate surface area is 118 Å². The van der Waals surface area contributed by atoms with Crippen molar-refractivity contribution >= 4 is 16.9 Å². The molecule has 3 rings (SSSR count). The number of hydrogen-bond acceptors (Lipinski definition) is 2. The van der Waals surface area contributed by atoms with Crippen molar-refractivity contribution in [2.75, 3.05) is 0 Å². The van der Waals surface area contributed by atoms with Gasteiger partial charge in [0.15, 0.2) is 5.78 Å². The molecule has 1 aliphatic carbocycles. The van der Waals surface area contributed by atoms with Gasteiger partial charge in [0.25, 0.3) is 0 Å². The summed E-state index contributed by atoms with van der Waals surface area (Å²) in [6.45, 7) is 3.84. The lowest BCUT2D eigenvalue weighted by Crippen LogP contribution is -2.14. The highest BCUT2D eigenvalue weighted by molar-refractivity contribution is 6.30. The molecule has 0 unspecified atom stereocenters. The molecular formula is C18H16O2. The monoisotopic (exact) mass is 264 g/mol. The van der Waals surface area contributed by atoms with Crippen LogP contribution in [-0.4, -0.2) is 10.9 Å². The molecule has 0 aliphatic heterocycles. The number of ketones is 1. The summed E-state index contributed by atoms with van der Waals surface area (Å²) < 4.78 is 0. The number of phenolic OH excluding ortho intramolecular Hbond substituents is 1. The first-order valence-corrected chi connectivity index (χ1v) is 6.70. The number of benzene rings is 2. The maximum absolute atomic E-state index is 12.5. The van der Waals surface area contributed by atoms with Gasteiger partial charge in [0.2, 0.25) is 0 Å². The van der Waals surface area contributed by atoms with E-state index in [0.29, 0.717) is 6.42 Å². The Balaban J connectivity index is 2.27. The molecule has 0 fully saturated rings. The average Bonchev–Trinajstić information content (AvgIpc) is 2.38. The Morgan fingerprint density at radius 1 is 1.05 bits per heavy atom. The fourth-order valence-corrected chi connectivity index (χ4v) is 2.99. The highest BCUT2D eigenvalue weighted by Crippen LogP contribution is 2.39. The zero-order chi connectivity index (χ0) is 14.3. The fraction of sp³-hybridized carbons (Fsp3) is 0.167. The van der Waals surface area contributed by atoms with Crippen LogP contribution in [0.3, 0.4) is 0 Å². The van der Waals surface area contributed by atoms with Crippen LogP contribution in [0, 0.1) is 6.92 Å². The molecule has 0 saturated carbocycles. The van der Waals surface area contributed by atoms with E-state index in [1.54, 1.807) is 6.07 Å². The lowest BCUT2D eigenvalue weighted by atomic mass is 9.81. The van der Waals surface area contributed by atoms with Crippen LogP contribution in [0.25, 0.3) is 11.1 Å². The molecule has 2 aromatic rings. The Bertz CT molecular complexity index is 725. The standard InChI is InChI=1S/C18H16O2/c1-11-8-14-10-16(20)17(13-6-4-3-5-7-13)12(2)18(14)15(19)9-11/h3-9,19H,10H2,1-2H3. The number of aromatic hydroxyl groups is 1. The molecule has 0 atom stereocenters. The number of aryl methyl sites for hydroxylation is 1. The predicted octanol–water partition coefficient (Wildman–Crippen LogP) is 3.76. The summed E-state index contributed by atoms with van der Waals surface area (Å²) in [6.07, 6.45) is 0.353. The van der Waals surface area contributed by atoms with E-state index in [1.807, 2.05) is 50.2 Å². The maximum Gasteiger partial charge on any atom is 0.168 e. The van der Waals surface area contributed by atoms with Gasteiger partial charge in [-0.25, -0.2) is 0 Å². The van der Waals surface area contributed by atoms with Crippen LogP contribution < -0.4 is 0 Å². The molecule has 0 saturated heterocycles. The zero-order valence-electron chi connectivity index (χ0n) is 11.6. The first-order chi connectivity index (χ1) is 9.58. The van der Waals surface area contributed by atoms with Crippen LogP contribution >= 0.6 is 0 Å². The second-order valence-corrected chi connectivity index (χ2v) is 5.28. The van der Waals surface area contributed by atoms with Crippen LogP contribution in [0.2, 0.25) is 0 Å². The SMILES string of the molecule is CC1=C(c2ccccc2)C(=O)Cc2cc(C)cc(O)c21. The van der Waals surface area contributed by atoms with Gasteiger partial charge in [-0.05, 0) is 42.2 Å². The van der Waals surface area contributed by atoms with Gasteiger partial charge < -0.3 is 5.11 Å². The number of Topliss-reactive ketones (excluding diaryl/α,β-unsaturated/α-hetero) is 1. The number of phenols is 1. The van der Waals surface area contributed by atoms with Gasteiger partial charge in [-0.15, -0.1) is 0 Å². The number of carbonyl (C=O) groups is 1. The predicted molar refractivity (Wildman–Crippen MR) is 80.5 cm³/mol. The molecule has 0 aromatic heterocycles. The van der Waals surface area contributed by atoms with Gasteiger partial charge in [-0.2, -0.15) is 0 Å². The molecule has 0 spiro atoms. The molecule has 2 heteroatoms. The minimum absolute atomic E-state index is 0.117. The third kappa shape index (κ3) is 1.94. The summed E-state index contributed by atoms with van der Waals surface area (Å²) in [5.74, 6) is 0.379. The molecule has 0 radical (unpaired) electrons. The largest absolute Gasteiger partial charge is 0.507 e. The summed E-state index contributed by atoms with van der Waals surface area (Å²) in [6, 6.07) is 13.4. The van der Waals surface area contributed by atoms with Crippen LogP contribution in [0.15, 0.2) is 42.5 Å². The summed E-state index contributed by atoms with van der Waals surface area (Å²) in [5.41, 5.74) is 5.21. The van der Waals surface area contributed by atoms with Crippen LogP contribution in [-0.2, 0) is 11.2 Å². The van der Waals surface area contributed by atoms with Crippen LogP contribution in [0.1, 0.15) is 29.2 Å². The second-order valence-electron chi connectivity index (χ2n) is 5.28. The number of rotatable bonds is 1. The number of carbonyl (C=O) groups excluding carboxylic acids is 1. The van der Waals surface area contributed by atoms with Crippen molar-refractivity contribution < 1.29 is 9.90 Å². The van der Waals surface area contributed by atoms with E-state index in [9.17, 15) is 9.90 Å². The fourth-order valence-electron chi connectivity index (χ4n) is 2.99. The Morgan fingerprint density at radius 2 is 1.75 bits per heavy atom. The number of allylic oxidation sites excluding steroid dienone is 2. The zero-order valence-corrected chi connectivity index (χ0v) is 11.6. The van der Waals surface area contributed by atoms with Crippen LogP contribution in [0.5, 0.6) is 5.75 Å². The molecule has 0 heterocycles. The van der Waals surface area contributed by atoms with Crippen molar-refractivity contribution in [3.8, 4) is 5.75 Å². The smallest absolute Gasteiger partial charge is 0.168 e. The van der Waals surface area contributed by atoms with Gasteiger partial charge in [-0.3, -0.25) is 4.79 Å². The average molecular weight is 264 g/mol. The maximum atomic E-state index is 12.5. The Kier molecular flexibility index (Phi) is 2.94. The molecule has 1 N–H and O–H groups in total. The van der Waals surface area contributed by atoms with E-state index in [1.165, 1.54) is 0 Å². The quantitative estimate of drug-likeness (QED) is 0.851. The number of hydrogen-bond donors (Lipinski definition) is 1. The molecular weight excluding hydrogens is 248 g/mol. The number of fused-ring (bicyclic) bond motifs is 1. The van der Waals surface area contributed by atoms with E-state index in [2.05, 4.69) is 0 Å². The van der Waals surface area contributed by atoms with E-state index in [-0.39, 0.29) is 11.5 Å². The van der Waals surface area contributed by atoms with Gasteiger partial charge in [0, 0.05) is 17.6 Å². The minimum Gasteiger partial charge on any atom is -0.507 e. The molecule has 2 nitrogen and oxygen atoms in total. The summed E-state index contributed by atoms with van der Waals surface area (Å²) in [5, 5.41) is 10.2.